The number of nitrogens with zero attached hydrogens (tertiary/aromatic N) is 3. The molecule has 6 heteroatoms. The molecule has 30 heavy (non-hydrogen) atoms. The van der Waals surface area contributed by atoms with E-state index in [0.29, 0.717) is 13.0 Å². The third-order valence-electron chi connectivity index (χ3n) is 5.39. The minimum atomic E-state index is 0.0780. The Balaban J connectivity index is 1.51. The van der Waals surface area contributed by atoms with Gasteiger partial charge < -0.3 is 14.5 Å². The summed E-state index contributed by atoms with van der Waals surface area (Å²) >= 11 is 1.56. The molecule has 1 amide bonds. The third kappa shape index (κ3) is 4.55. The summed E-state index contributed by atoms with van der Waals surface area (Å²) in [6.45, 7) is 5.05. The first kappa shape index (κ1) is 20.6. The molecule has 0 radical (unpaired) electrons. The molecule has 0 spiro atoms. The molecule has 0 saturated carbocycles. The number of aromatic nitrogens is 1. The van der Waals surface area contributed by atoms with E-state index < -0.39 is 0 Å². The summed E-state index contributed by atoms with van der Waals surface area (Å²) in [4.78, 5) is 22.3. The molecule has 1 atom stereocenters. The molecule has 1 fully saturated rings. The van der Waals surface area contributed by atoms with Crippen molar-refractivity contribution in [1.29, 1.82) is 0 Å². The minimum absolute atomic E-state index is 0.0780. The fourth-order valence-electron chi connectivity index (χ4n) is 3.87. The maximum Gasteiger partial charge on any atom is 0.229 e. The van der Waals surface area contributed by atoms with Crippen LogP contribution in [0.15, 0.2) is 60.0 Å². The smallest absolute Gasteiger partial charge is 0.229 e. The number of likely N-dealkylation sites (N-methyl/N-ethyl adjacent to an activating group) is 1. The number of thiazole rings is 1. The van der Waals surface area contributed by atoms with Gasteiger partial charge in [0.25, 0.3) is 0 Å². The SMILES string of the molecule is CCOc1ccccc1-c1nc(CC(=O)N2CCN(C)CC2c2ccccc2)cs1. The van der Waals surface area contributed by atoms with Crippen molar-refractivity contribution < 1.29 is 9.53 Å². The Morgan fingerprint density at radius 3 is 2.70 bits per heavy atom. The zero-order valence-electron chi connectivity index (χ0n) is 17.5. The first-order valence-electron chi connectivity index (χ1n) is 10.3. The highest BCUT2D eigenvalue weighted by molar-refractivity contribution is 7.13. The van der Waals surface area contributed by atoms with Gasteiger partial charge in [-0.1, -0.05) is 42.5 Å². The monoisotopic (exact) mass is 421 g/mol. The molecule has 1 aliphatic heterocycles. The molecule has 3 aromatic rings. The highest BCUT2D eigenvalue weighted by Crippen LogP contribution is 2.33. The molecular weight excluding hydrogens is 394 g/mol. The second-order valence-corrected chi connectivity index (χ2v) is 8.38. The Morgan fingerprint density at radius 1 is 1.13 bits per heavy atom. The van der Waals surface area contributed by atoms with Crippen LogP contribution in [0, 0.1) is 0 Å². The predicted octanol–water partition coefficient (Wildman–Crippen LogP) is 4.27. The van der Waals surface area contributed by atoms with Crippen molar-refractivity contribution >= 4 is 17.2 Å². The van der Waals surface area contributed by atoms with Crippen molar-refractivity contribution in [3.05, 3.63) is 71.2 Å². The van der Waals surface area contributed by atoms with Gasteiger partial charge in [-0.25, -0.2) is 4.98 Å². The molecule has 0 N–H and O–H groups in total. The molecule has 156 valence electrons. The number of rotatable bonds is 6. The van der Waals surface area contributed by atoms with Gasteiger partial charge in [0, 0.05) is 25.0 Å². The van der Waals surface area contributed by atoms with E-state index in [9.17, 15) is 4.79 Å². The third-order valence-corrected chi connectivity index (χ3v) is 6.31. The molecule has 1 aromatic heterocycles. The number of para-hydroxylation sites is 1. The van der Waals surface area contributed by atoms with Crippen LogP contribution in [0.3, 0.4) is 0 Å². The zero-order chi connectivity index (χ0) is 20.9. The number of amides is 1. The first-order valence-corrected chi connectivity index (χ1v) is 11.2. The molecular formula is C24H27N3O2S. The number of ether oxygens (including phenoxy) is 1. The van der Waals surface area contributed by atoms with Gasteiger partial charge in [-0.3, -0.25) is 4.79 Å². The van der Waals surface area contributed by atoms with E-state index in [-0.39, 0.29) is 11.9 Å². The van der Waals surface area contributed by atoms with Gasteiger partial charge in [0.05, 0.1) is 30.3 Å². The van der Waals surface area contributed by atoms with Crippen molar-refractivity contribution in [2.45, 2.75) is 19.4 Å². The molecule has 0 bridgehead atoms. The van der Waals surface area contributed by atoms with Gasteiger partial charge in [-0.05, 0) is 31.7 Å². The Kier molecular flexibility index (Phi) is 6.45. The summed E-state index contributed by atoms with van der Waals surface area (Å²) in [7, 11) is 2.11. The summed E-state index contributed by atoms with van der Waals surface area (Å²) in [5.74, 6) is 0.960. The van der Waals surface area contributed by atoms with E-state index in [1.54, 1.807) is 11.3 Å². The van der Waals surface area contributed by atoms with E-state index >= 15 is 0 Å². The van der Waals surface area contributed by atoms with E-state index in [4.69, 9.17) is 9.72 Å². The lowest BCUT2D eigenvalue weighted by atomic mass is 10.0. The lowest BCUT2D eigenvalue weighted by Gasteiger charge is -2.40. The second-order valence-electron chi connectivity index (χ2n) is 7.53. The molecule has 5 nitrogen and oxygen atoms in total. The van der Waals surface area contributed by atoms with Gasteiger partial charge in [-0.15, -0.1) is 11.3 Å². The normalized spacial score (nSPS) is 17.1. The summed E-state index contributed by atoms with van der Waals surface area (Å²) in [6, 6.07) is 18.3. The van der Waals surface area contributed by atoms with Crippen LogP contribution in [-0.4, -0.2) is 54.0 Å². The molecule has 0 aliphatic carbocycles. The average molecular weight is 422 g/mol. The zero-order valence-corrected chi connectivity index (χ0v) is 18.3. The number of hydrogen-bond donors (Lipinski definition) is 0. The minimum Gasteiger partial charge on any atom is -0.493 e. The first-order chi connectivity index (χ1) is 14.7. The lowest BCUT2D eigenvalue weighted by Crippen LogP contribution is -2.49. The van der Waals surface area contributed by atoms with Gasteiger partial charge in [0.2, 0.25) is 5.91 Å². The summed E-state index contributed by atoms with van der Waals surface area (Å²) in [6.07, 6.45) is 0.320. The Hall–Kier alpha value is -2.70. The van der Waals surface area contributed by atoms with Crippen LogP contribution in [-0.2, 0) is 11.2 Å². The van der Waals surface area contributed by atoms with Crippen LogP contribution < -0.4 is 4.74 Å². The maximum atomic E-state index is 13.2. The van der Waals surface area contributed by atoms with Gasteiger partial charge >= 0.3 is 0 Å². The molecule has 1 saturated heterocycles. The van der Waals surface area contributed by atoms with Crippen molar-refractivity contribution in [2.75, 3.05) is 33.3 Å². The van der Waals surface area contributed by atoms with E-state index in [0.717, 1.165) is 41.6 Å². The number of carbonyl (C=O) groups is 1. The fourth-order valence-corrected chi connectivity index (χ4v) is 4.72. The standard InChI is InChI=1S/C24H27N3O2S/c1-3-29-22-12-8-7-11-20(22)24-25-19(17-30-24)15-23(28)27-14-13-26(2)16-21(27)18-9-5-4-6-10-18/h4-12,17,21H,3,13-16H2,1-2H3. The van der Waals surface area contributed by atoms with Crippen LogP contribution in [0.2, 0.25) is 0 Å². The molecule has 1 aliphatic rings. The van der Waals surface area contributed by atoms with Gasteiger partial charge in [-0.2, -0.15) is 0 Å². The predicted molar refractivity (Wildman–Crippen MR) is 121 cm³/mol. The maximum absolute atomic E-state index is 13.2. The summed E-state index contributed by atoms with van der Waals surface area (Å²) in [5.41, 5.74) is 2.98. The van der Waals surface area contributed by atoms with Crippen molar-refractivity contribution in [3.63, 3.8) is 0 Å². The van der Waals surface area contributed by atoms with E-state index in [1.807, 2.05) is 59.7 Å². The largest absolute Gasteiger partial charge is 0.493 e. The van der Waals surface area contributed by atoms with E-state index in [2.05, 4.69) is 24.1 Å². The van der Waals surface area contributed by atoms with Gasteiger partial charge in [0.15, 0.2) is 0 Å². The molecule has 1 unspecified atom stereocenters. The van der Waals surface area contributed by atoms with Crippen molar-refractivity contribution in [1.82, 2.24) is 14.8 Å². The van der Waals surface area contributed by atoms with Crippen LogP contribution in [0.5, 0.6) is 5.75 Å². The Morgan fingerprint density at radius 2 is 1.90 bits per heavy atom. The number of piperazine rings is 1. The number of benzene rings is 2. The topological polar surface area (TPSA) is 45.7 Å². The van der Waals surface area contributed by atoms with Crippen molar-refractivity contribution in [2.24, 2.45) is 0 Å². The van der Waals surface area contributed by atoms with Crippen LogP contribution in [0.25, 0.3) is 10.6 Å². The Labute approximate surface area is 181 Å². The summed E-state index contributed by atoms with van der Waals surface area (Å²) < 4.78 is 5.74. The fraction of sp³-hybridized carbons (Fsp3) is 0.333. The summed E-state index contributed by atoms with van der Waals surface area (Å²) in [5, 5.41) is 2.88. The molecule has 2 aromatic carbocycles. The Bertz CT molecular complexity index is 989. The molecule has 2 heterocycles. The van der Waals surface area contributed by atoms with E-state index in [1.165, 1.54) is 5.56 Å². The lowest BCUT2D eigenvalue weighted by molar-refractivity contribution is -0.135. The van der Waals surface area contributed by atoms with Crippen LogP contribution in [0.1, 0.15) is 24.2 Å². The molecule has 4 rings (SSSR count). The van der Waals surface area contributed by atoms with Crippen LogP contribution >= 0.6 is 11.3 Å². The quantitative estimate of drug-likeness (QED) is 0.596. The highest BCUT2D eigenvalue weighted by Gasteiger charge is 2.30. The van der Waals surface area contributed by atoms with Crippen molar-refractivity contribution in [3.8, 4) is 16.3 Å². The van der Waals surface area contributed by atoms with Gasteiger partial charge in [0.1, 0.15) is 10.8 Å². The number of carbonyl (C=O) groups excluding carboxylic acids is 1. The highest BCUT2D eigenvalue weighted by atomic mass is 32.1. The average Bonchev–Trinajstić information content (AvgIpc) is 3.23. The number of hydrogen-bond acceptors (Lipinski definition) is 5. The second kappa shape index (κ2) is 9.41. The van der Waals surface area contributed by atoms with Crippen LogP contribution in [0.4, 0.5) is 0 Å².